The van der Waals surface area contributed by atoms with Gasteiger partial charge in [0.1, 0.15) is 0 Å². The Kier molecular flexibility index (Phi) is 11.6. The van der Waals surface area contributed by atoms with E-state index in [2.05, 4.69) is 0 Å². The third-order valence-electron chi connectivity index (χ3n) is 0.494. The van der Waals surface area contributed by atoms with Crippen molar-refractivity contribution in [2.45, 2.75) is 13.8 Å². The molecule has 0 aromatic carbocycles. The molecular weight excluding hydrogens is 200 g/mol. The minimum absolute atomic E-state index is 0. The van der Waals surface area contributed by atoms with Gasteiger partial charge in [0, 0.05) is 10.4 Å². The van der Waals surface area contributed by atoms with Crippen LogP contribution in [0.25, 0.3) is 0 Å². The summed E-state index contributed by atoms with van der Waals surface area (Å²) in [5.41, 5.74) is 0. The quantitative estimate of drug-likeness (QED) is 0.336. The Balaban J connectivity index is -0.000000126. The Morgan fingerprint density at radius 1 is 1.33 bits per heavy atom. The molecule has 0 unspecified atom stereocenters. The van der Waals surface area contributed by atoms with E-state index < -0.39 is 16.4 Å². The Bertz CT molecular complexity index is 200. The number of carboxylic acid groups (broad SMARTS) is 1. The molecule has 0 aromatic heterocycles. The van der Waals surface area contributed by atoms with Crippen molar-refractivity contribution in [3.05, 3.63) is 0 Å². The first-order valence-electron chi connectivity index (χ1n) is 2.54. The van der Waals surface area contributed by atoms with Gasteiger partial charge < -0.3 is 14.2 Å². The summed E-state index contributed by atoms with van der Waals surface area (Å²) in [4.78, 5) is 9.70. The third kappa shape index (κ3) is 49.7. The summed E-state index contributed by atoms with van der Waals surface area (Å²) >= 11 is 0. The van der Waals surface area contributed by atoms with E-state index in [0.29, 0.717) is 0 Å². The van der Waals surface area contributed by atoms with Gasteiger partial charge in [0.25, 0.3) is 0 Å². The molecule has 0 bridgehead atoms. The van der Waals surface area contributed by atoms with Crippen molar-refractivity contribution in [2.24, 2.45) is 5.92 Å². The van der Waals surface area contributed by atoms with Gasteiger partial charge in [-0.3, -0.25) is 13.2 Å². The molecule has 0 saturated heterocycles. The summed E-state index contributed by atoms with van der Waals surface area (Å²) in [6, 6.07) is 0. The molecule has 0 atom stereocenters. The van der Waals surface area contributed by atoms with Crippen LogP contribution in [0.3, 0.4) is 0 Å². The van der Waals surface area contributed by atoms with Gasteiger partial charge in [-0.1, -0.05) is 13.8 Å². The molecule has 12 heavy (non-hydrogen) atoms. The molecule has 8 heteroatoms. The van der Waals surface area contributed by atoms with E-state index in [9.17, 15) is 4.79 Å². The van der Waals surface area contributed by atoms with Crippen LogP contribution in [0.1, 0.15) is 13.8 Å². The van der Waals surface area contributed by atoms with Crippen LogP contribution in [0, 0.1) is 5.92 Å². The maximum atomic E-state index is 9.70. The van der Waals surface area contributed by atoms with Crippen molar-refractivity contribution in [3.63, 3.8) is 0 Å². The molecule has 0 fully saturated rings. The molecular formula is C4H8MgO6S. The fourth-order valence-corrected chi connectivity index (χ4v) is 0. The van der Waals surface area contributed by atoms with Crippen LogP contribution in [0.4, 0.5) is 0 Å². The zero-order valence-electron chi connectivity index (χ0n) is 6.68. The molecule has 0 heterocycles. The molecule has 0 aliphatic heterocycles. The molecule has 0 spiro atoms. The fraction of sp³-hybridized carbons (Fsp3) is 0.750. The van der Waals surface area contributed by atoms with Gasteiger partial charge in [-0.05, 0) is 0 Å². The minimum Gasteiger partial charge on any atom is -0.759 e. The number of carboxylic acids is 1. The van der Waals surface area contributed by atoms with E-state index in [1.807, 2.05) is 0 Å². The monoisotopic (exact) mass is 208 g/mol. The number of carbonyl (C=O) groups is 1. The van der Waals surface area contributed by atoms with E-state index in [4.69, 9.17) is 22.6 Å². The molecule has 0 rings (SSSR count). The van der Waals surface area contributed by atoms with E-state index >= 15 is 0 Å². The normalized spacial score (nSPS) is 9.42. The van der Waals surface area contributed by atoms with Crippen LogP contribution < -0.4 is 0 Å². The minimum atomic E-state index is -5.17. The van der Waals surface area contributed by atoms with Crippen LogP contribution >= 0.6 is 0 Å². The average molecular weight is 208 g/mol. The second kappa shape index (κ2) is 7.74. The average Bonchev–Trinajstić information content (AvgIpc) is 1.59. The molecule has 0 radical (unpaired) electrons. The van der Waals surface area contributed by atoms with E-state index in [-0.39, 0.29) is 29.0 Å². The third-order valence-corrected chi connectivity index (χ3v) is 0.494. The number of rotatable bonds is 1. The predicted octanol–water partition coefficient (Wildman–Crippen LogP) is -0.992. The first-order chi connectivity index (χ1) is 4.64. The molecule has 68 valence electrons. The van der Waals surface area contributed by atoms with Gasteiger partial charge in [0.05, 0.1) is 5.92 Å². The molecule has 0 aliphatic rings. The second-order valence-corrected chi connectivity index (χ2v) is 2.72. The molecule has 0 aliphatic carbocycles. The van der Waals surface area contributed by atoms with Crippen LogP contribution in [0.15, 0.2) is 0 Å². The van der Waals surface area contributed by atoms with Crippen molar-refractivity contribution < 1.29 is 27.4 Å². The molecule has 1 N–H and O–H groups in total. The van der Waals surface area contributed by atoms with Crippen molar-refractivity contribution in [1.29, 1.82) is 0 Å². The summed E-state index contributed by atoms with van der Waals surface area (Å²) in [6.07, 6.45) is 0. The van der Waals surface area contributed by atoms with Gasteiger partial charge in [-0.25, -0.2) is 0 Å². The maximum absolute atomic E-state index is 9.70. The van der Waals surface area contributed by atoms with Gasteiger partial charge in [-0.2, -0.15) is 0 Å². The Morgan fingerprint density at radius 2 is 1.42 bits per heavy atom. The zero-order valence-corrected chi connectivity index (χ0v) is 8.91. The summed E-state index contributed by atoms with van der Waals surface area (Å²) in [5, 5.41) is 7.99. The van der Waals surface area contributed by atoms with Gasteiger partial charge >= 0.3 is 29.0 Å². The number of hydrogen-bond acceptors (Lipinski definition) is 5. The second-order valence-electron chi connectivity index (χ2n) is 1.90. The summed E-state index contributed by atoms with van der Waals surface area (Å²) < 4.78 is 34.1. The maximum Gasteiger partial charge on any atom is 2.00 e. The topological polar surface area (TPSA) is 118 Å². The summed E-state index contributed by atoms with van der Waals surface area (Å²) in [7, 11) is -5.17. The summed E-state index contributed by atoms with van der Waals surface area (Å²) in [5.74, 6) is -0.972. The SMILES string of the molecule is CC(C)C(=O)O.O=S(=O)([O-])[O-].[Mg+2]. The largest absolute Gasteiger partial charge is 2.00 e. The van der Waals surface area contributed by atoms with E-state index in [1.54, 1.807) is 13.8 Å². The van der Waals surface area contributed by atoms with Crippen LogP contribution in [0.5, 0.6) is 0 Å². The first-order valence-corrected chi connectivity index (χ1v) is 3.87. The number of aliphatic carboxylic acids is 1. The molecule has 6 nitrogen and oxygen atoms in total. The van der Waals surface area contributed by atoms with Gasteiger partial charge in [0.15, 0.2) is 0 Å². The zero-order chi connectivity index (χ0) is 9.65. The van der Waals surface area contributed by atoms with Crippen LogP contribution in [-0.2, 0) is 15.2 Å². The first kappa shape index (κ1) is 18.0. The fourth-order valence-electron chi connectivity index (χ4n) is 0. The predicted molar refractivity (Wildman–Crippen MR) is 38.7 cm³/mol. The summed E-state index contributed by atoms with van der Waals surface area (Å²) in [6.45, 7) is 3.28. The molecule has 0 amide bonds. The Hall–Kier alpha value is 0.106. The Morgan fingerprint density at radius 3 is 1.42 bits per heavy atom. The van der Waals surface area contributed by atoms with Gasteiger partial charge in [0.2, 0.25) is 0 Å². The van der Waals surface area contributed by atoms with Crippen molar-refractivity contribution in [3.8, 4) is 0 Å². The van der Waals surface area contributed by atoms with Crippen LogP contribution in [-0.4, -0.2) is 51.7 Å². The molecule has 0 aromatic rings. The van der Waals surface area contributed by atoms with Crippen LogP contribution in [0.2, 0.25) is 0 Å². The van der Waals surface area contributed by atoms with Crippen molar-refractivity contribution >= 4 is 39.4 Å². The number of hydrogen-bond donors (Lipinski definition) is 1. The van der Waals surface area contributed by atoms with E-state index in [1.165, 1.54) is 0 Å². The Labute approximate surface area is 86.7 Å². The van der Waals surface area contributed by atoms with E-state index in [0.717, 1.165) is 0 Å². The smallest absolute Gasteiger partial charge is 0.759 e. The standard InChI is InChI=1S/C4H8O2.Mg.H2O4S/c1-3(2)4(5)6;;1-5(2,3)4/h3H,1-2H3,(H,5,6);;(H2,1,2,3,4)/q;+2;/p-2. The van der Waals surface area contributed by atoms with Crippen molar-refractivity contribution in [2.75, 3.05) is 0 Å². The van der Waals surface area contributed by atoms with Crippen molar-refractivity contribution in [1.82, 2.24) is 0 Å². The van der Waals surface area contributed by atoms with Gasteiger partial charge in [-0.15, -0.1) is 0 Å². The molecule has 0 saturated carbocycles.